The second-order valence-corrected chi connectivity index (χ2v) is 7.54. The molecular weight excluding hydrogens is 249 g/mol. The summed E-state index contributed by atoms with van der Waals surface area (Å²) >= 11 is 0. The average Bonchev–Trinajstić information content (AvgIpc) is 3.00. The van der Waals surface area contributed by atoms with Crippen molar-refractivity contribution in [2.45, 2.75) is 71.0 Å². The third kappa shape index (κ3) is 2.01. The summed E-state index contributed by atoms with van der Waals surface area (Å²) in [5.41, 5.74) is 3.24. The first-order valence-corrected chi connectivity index (χ1v) is 7.48. The minimum atomic E-state index is -0.354. The zero-order chi connectivity index (χ0) is 14.8. The topological polar surface area (TPSA) is 31.4 Å². The van der Waals surface area contributed by atoms with Crippen molar-refractivity contribution in [1.29, 1.82) is 0 Å². The summed E-state index contributed by atoms with van der Waals surface area (Å²) in [4.78, 5) is 4.61. The molecular formula is C16H24BNO2. The van der Waals surface area contributed by atoms with Crippen molar-refractivity contribution < 1.29 is 9.31 Å². The molecule has 0 N–H and O–H groups in total. The van der Waals surface area contributed by atoms with Crippen LogP contribution in [0.15, 0.2) is 12.3 Å². The van der Waals surface area contributed by atoms with Gasteiger partial charge < -0.3 is 9.31 Å². The predicted molar refractivity (Wildman–Crippen MR) is 81.3 cm³/mol. The number of rotatable bonds is 2. The molecule has 2 fully saturated rings. The Hall–Kier alpha value is -0.865. The predicted octanol–water partition coefficient (Wildman–Crippen LogP) is 2.74. The fourth-order valence-corrected chi connectivity index (χ4v) is 2.94. The van der Waals surface area contributed by atoms with Crippen molar-refractivity contribution in [2.24, 2.45) is 0 Å². The molecule has 0 amide bonds. The molecule has 1 saturated carbocycles. The maximum absolute atomic E-state index is 6.18. The molecule has 2 heterocycles. The first kappa shape index (κ1) is 14.1. The summed E-state index contributed by atoms with van der Waals surface area (Å²) in [5, 5.41) is 0. The van der Waals surface area contributed by atoms with Gasteiger partial charge in [-0.25, -0.2) is 0 Å². The molecule has 3 rings (SSSR count). The lowest BCUT2D eigenvalue weighted by molar-refractivity contribution is 0.00578. The minimum absolute atomic E-state index is 0.261. The van der Waals surface area contributed by atoms with E-state index in [0.29, 0.717) is 0 Å². The van der Waals surface area contributed by atoms with Crippen LogP contribution in [0.5, 0.6) is 0 Å². The van der Waals surface area contributed by atoms with Gasteiger partial charge in [0.25, 0.3) is 0 Å². The van der Waals surface area contributed by atoms with Crippen LogP contribution in [-0.2, 0) is 14.7 Å². The Morgan fingerprint density at radius 2 is 1.60 bits per heavy atom. The van der Waals surface area contributed by atoms with E-state index in [9.17, 15) is 0 Å². The monoisotopic (exact) mass is 273 g/mol. The highest BCUT2D eigenvalue weighted by Gasteiger charge is 2.54. The van der Waals surface area contributed by atoms with Gasteiger partial charge in [0.1, 0.15) is 0 Å². The first-order chi connectivity index (χ1) is 9.16. The van der Waals surface area contributed by atoms with Crippen LogP contribution < -0.4 is 5.59 Å². The number of aromatic nitrogens is 1. The van der Waals surface area contributed by atoms with E-state index in [1.54, 1.807) is 0 Å². The van der Waals surface area contributed by atoms with Crippen molar-refractivity contribution in [1.82, 2.24) is 4.98 Å². The number of pyridine rings is 1. The van der Waals surface area contributed by atoms with Crippen LogP contribution in [-0.4, -0.2) is 23.3 Å². The standard InChI is InChI=1S/C16H24BNO2/c1-11-7-10-18-13(12(11)16(6)8-9-16)17-19-14(2,3)15(4,5)20-17/h7,10H,8-9H2,1-6H3. The van der Waals surface area contributed by atoms with Crippen LogP contribution in [0.3, 0.4) is 0 Å². The quantitative estimate of drug-likeness (QED) is 0.776. The van der Waals surface area contributed by atoms with Crippen molar-refractivity contribution in [3.63, 3.8) is 0 Å². The largest absolute Gasteiger partial charge is 0.514 e. The van der Waals surface area contributed by atoms with Gasteiger partial charge in [0.15, 0.2) is 0 Å². The van der Waals surface area contributed by atoms with Gasteiger partial charge in [0, 0.05) is 6.20 Å². The Kier molecular flexibility index (Phi) is 2.87. The second-order valence-electron chi connectivity index (χ2n) is 7.54. The van der Waals surface area contributed by atoms with Gasteiger partial charge in [0.2, 0.25) is 0 Å². The molecule has 0 spiro atoms. The fourth-order valence-electron chi connectivity index (χ4n) is 2.94. The van der Waals surface area contributed by atoms with Crippen LogP contribution >= 0.6 is 0 Å². The van der Waals surface area contributed by atoms with Crippen LogP contribution in [0.4, 0.5) is 0 Å². The van der Waals surface area contributed by atoms with Crippen molar-refractivity contribution >= 4 is 12.7 Å². The molecule has 4 heteroatoms. The highest BCUT2D eigenvalue weighted by Crippen LogP contribution is 2.48. The Morgan fingerprint density at radius 1 is 1.05 bits per heavy atom. The molecule has 1 saturated heterocycles. The molecule has 1 aliphatic carbocycles. The van der Waals surface area contributed by atoms with Crippen molar-refractivity contribution in [3.05, 3.63) is 23.4 Å². The maximum atomic E-state index is 6.18. The third-order valence-corrected chi connectivity index (χ3v) is 5.27. The highest BCUT2D eigenvalue weighted by molar-refractivity contribution is 6.61. The number of nitrogens with zero attached hydrogens (tertiary/aromatic N) is 1. The van der Waals surface area contributed by atoms with E-state index in [2.05, 4.69) is 52.6 Å². The summed E-state index contributed by atoms with van der Waals surface area (Å²) in [7, 11) is -0.354. The molecule has 108 valence electrons. The molecule has 0 unspecified atom stereocenters. The smallest absolute Gasteiger partial charge is 0.398 e. The van der Waals surface area contributed by atoms with Gasteiger partial charge in [0.05, 0.1) is 16.8 Å². The van der Waals surface area contributed by atoms with Gasteiger partial charge in [-0.3, -0.25) is 4.98 Å². The fraction of sp³-hybridized carbons (Fsp3) is 0.688. The van der Waals surface area contributed by atoms with Crippen LogP contribution in [0.1, 0.15) is 58.6 Å². The van der Waals surface area contributed by atoms with Crippen molar-refractivity contribution in [2.75, 3.05) is 0 Å². The van der Waals surface area contributed by atoms with Gasteiger partial charge in [-0.05, 0) is 70.1 Å². The third-order valence-electron chi connectivity index (χ3n) is 5.27. The Balaban J connectivity index is 2.03. The van der Waals surface area contributed by atoms with Crippen LogP contribution in [0.2, 0.25) is 0 Å². The SMILES string of the molecule is Cc1ccnc(B2OC(C)(C)C(C)(C)O2)c1C1(C)CC1. The summed E-state index contributed by atoms with van der Waals surface area (Å²) < 4.78 is 12.4. The lowest BCUT2D eigenvalue weighted by Crippen LogP contribution is -2.41. The molecule has 20 heavy (non-hydrogen) atoms. The zero-order valence-corrected chi connectivity index (χ0v) is 13.4. The Morgan fingerprint density at radius 3 is 2.10 bits per heavy atom. The summed E-state index contributed by atoms with van der Waals surface area (Å²) in [6.45, 7) is 12.8. The van der Waals surface area contributed by atoms with E-state index < -0.39 is 0 Å². The minimum Gasteiger partial charge on any atom is -0.398 e. The summed E-state index contributed by atoms with van der Waals surface area (Å²) in [6, 6.07) is 2.09. The van der Waals surface area contributed by atoms with Gasteiger partial charge in [-0.2, -0.15) is 0 Å². The van der Waals surface area contributed by atoms with E-state index in [-0.39, 0.29) is 23.7 Å². The van der Waals surface area contributed by atoms with Gasteiger partial charge in [-0.1, -0.05) is 6.92 Å². The molecule has 1 aliphatic heterocycles. The molecule has 0 radical (unpaired) electrons. The maximum Gasteiger partial charge on any atom is 0.514 e. The first-order valence-electron chi connectivity index (χ1n) is 7.48. The lowest BCUT2D eigenvalue weighted by atomic mass is 9.75. The van der Waals surface area contributed by atoms with E-state index in [1.807, 2.05) is 6.20 Å². The molecule has 3 nitrogen and oxygen atoms in total. The molecule has 0 atom stereocenters. The molecule has 1 aromatic heterocycles. The van der Waals surface area contributed by atoms with E-state index in [4.69, 9.17) is 9.31 Å². The van der Waals surface area contributed by atoms with Crippen LogP contribution in [0, 0.1) is 6.92 Å². The highest BCUT2D eigenvalue weighted by atomic mass is 16.7. The Bertz CT molecular complexity index is 533. The summed E-state index contributed by atoms with van der Waals surface area (Å²) in [5.74, 6) is 0. The second kappa shape index (κ2) is 4.08. The zero-order valence-electron chi connectivity index (χ0n) is 13.4. The van der Waals surface area contributed by atoms with Crippen LogP contribution in [0.25, 0.3) is 0 Å². The average molecular weight is 273 g/mol. The number of hydrogen-bond acceptors (Lipinski definition) is 3. The van der Waals surface area contributed by atoms with E-state index in [1.165, 1.54) is 24.0 Å². The number of hydrogen-bond donors (Lipinski definition) is 0. The Labute approximate surface area is 122 Å². The summed E-state index contributed by atoms with van der Waals surface area (Å²) in [6.07, 6.45) is 4.32. The van der Waals surface area contributed by atoms with E-state index >= 15 is 0 Å². The van der Waals surface area contributed by atoms with Gasteiger partial charge >= 0.3 is 7.12 Å². The van der Waals surface area contributed by atoms with Crippen molar-refractivity contribution in [3.8, 4) is 0 Å². The normalized spacial score (nSPS) is 25.8. The molecule has 2 aliphatic rings. The van der Waals surface area contributed by atoms with Gasteiger partial charge in [-0.15, -0.1) is 0 Å². The molecule has 0 aromatic carbocycles. The number of aryl methyl sites for hydroxylation is 1. The van der Waals surface area contributed by atoms with E-state index in [0.717, 1.165) is 5.59 Å². The molecule has 1 aromatic rings. The lowest BCUT2D eigenvalue weighted by Gasteiger charge is -2.32. The molecule has 0 bridgehead atoms.